The van der Waals surface area contributed by atoms with E-state index in [9.17, 15) is 4.79 Å². The molecule has 7 heteroatoms. The Morgan fingerprint density at radius 3 is 2.96 bits per heavy atom. The Hall–Kier alpha value is -1.31. The smallest absolute Gasteiger partial charge is 0.232 e. The molecule has 1 amide bonds. The largest absolute Gasteiger partial charge is 0.355 e. The third kappa shape index (κ3) is 3.93. The van der Waals surface area contributed by atoms with Crippen LogP contribution in [0, 0.1) is 0 Å². The third-order valence-electron chi connectivity index (χ3n) is 5.19. The van der Waals surface area contributed by atoms with Crippen molar-refractivity contribution in [3.63, 3.8) is 0 Å². The van der Waals surface area contributed by atoms with Crippen LogP contribution >= 0.6 is 23.1 Å². The summed E-state index contributed by atoms with van der Waals surface area (Å²) < 4.78 is 5.38. The Labute approximate surface area is 156 Å². The first-order valence-electron chi connectivity index (χ1n) is 8.78. The number of carbonyl (C=O) groups excluding carboxylic acids is 1. The molecule has 2 aliphatic rings. The molecule has 2 fully saturated rings. The summed E-state index contributed by atoms with van der Waals surface area (Å²) in [5.41, 5.74) is 0.892. The van der Waals surface area contributed by atoms with Crippen LogP contribution in [0.5, 0.6) is 0 Å². The molecule has 2 saturated heterocycles. The first-order valence-corrected chi connectivity index (χ1v) is 10.8. The van der Waals surface area contributed by atoms with Gasteiger partial charge in [-0.05, 0) is 37.1 Å². The lowest BCUT2D eigenvalue weighted by molar-refractivity contribution is -0.129. The number of nitrogens with one attached hydrogen (secondary N) is 1. The van der Waals surface area contributed by atoms with Crippen LogP contribution in [-0.4, -0.2) is 46.9 Å². The number of amides is 1. The molecule has 25 heavy (non-hydrogen) atoms. The van der Waals surface area contributed by atoms with Gasteiger partial charge in [-0.3, -0.25) is 4.79 Å². The molecule has 2 aromatic rings. The van der Waals surface area contributed by atoms with Crippen LogP contribution < -0.4 is 5.32 Å². The van der Waals surface area contributed by atoms with Crippen LogP contribution in [0.25, 0.3) is 10.6 Å². The summed E-state index contributed by atoms with van der Waals surface area (Å²) in [7, 11) is 1.96. The molecular formula is C18H23N3O2S2. The summed E-state index contributed by atoms with van der Waals surface area (Å²) in [5, 5.41) is 9.76. The van der Waals surface area contributed by atoms with E-state index in [0.29, 0.717) is 29.6 Å². The number of rotatable bonds is 6. The summed E-state index contributed by atoms with van der Waals surface area (Å²) in [6.45, 7) is 0. The van der Waals surface area contributed by atoms with Gasteiger partial charge in [-0.1, -0.05) is 11.2 Å². The highest BCUT2D eigenvalue weighted by Gasteiger charge is 2.36. The molecule has 1 N–H and O–H groups in total. The fourth-order valence-corrected chi connectivity index (χ4v) is 5.31. The Morgan fingerprint density at radius 2 is 2.24 bits per heavy atom. The maximum Gasteiger partial charge on any atom is 0.232 e. The quantitative estimate of drug-likeness (QED) is 0.836. The van der Waals surface area contributed by atoms with Crippen molar-refractivity contribution >= 4 is 29.0 Å². The second-order valence-corrected chi connectivity index (χ2v) is 8.85. The van der Waals surface area contributed by atoms with Crippen molar-refractivity contribution in [1.82, 2.24) is 15.4 Å². The van der Waals surface area contributed by atoms with Gasteiger partial charge in [0.2, 0.25) is 5.91 Å². The highest BCUT2D eigenvalue weighted by Crippen LogP contribution is 2.30. The zero-order valence-corrected chi connectivity index (χ0v) is 15.9. The number of aromatic nitrogens is 1. The van der Waals surface area contributed by atoms with Crippen LogP contribution in [-0.2, 0) is 10.5 Å². The summed E-state index contributed by atoms with van der Waals surface area (Å²) in [6.07, 6.45) is 4.71. The van der Waals surface area contributed by atoms with Crippen molar-refractivity contribution < 1.29 is 9.32 Å². The molecule has 5 nitrogen and oxygen atoms in total. The van der Waals surface area contributed by atoms with Crippen molar-refractivity contribution in [2.45, 2.75) is 49.6 Å². The Kier molecular flexibility index (Phi) is 5.15. The average molecular weight is 378 g/mol. The van der Waals surface area contributed by atoms with Gasteiger partial charge in [-0.15, -0.1) is 23.1 Å². The predicted octanol–water partition coefficient (Wildman–Crippen LogP) is 3.38. The Balaban J connectivity index is 1.25. The van der Waals surface area contributed by atoms with E-state index in [1.807, 2.05) is 35.5 Å². The maximum absolute atomic E-state index is 12.5. The van der Waals surface area contributed by atoms with Gasteiger partial charge in [0.1, 0.15) is 0 Å². The number of fused-ring (bicyclic) bond motifs is 2. The van der Waals surface area contributed by atoms with Crippen LogP contribution in [0.3, 0.4) is 0 Å². The zero-order valence-electron chi connectivity index (χ0n) is 14.3. The molecule has 0 aromatic carbocycles. The van der Waals surface area contributed by atoms with E-state index in [2.05, 4.69) is 10.5 Å². The molecule has 2 aliphatic heterocycles. The van der Waals surface area contributed by atoms with Crippen LogP contribution in [0.1, 0.15) is 31.4 Å². The molecule has 4 rings (SSSR count). The van der Waals surface area contributed by atoms with Crippen molar-refractivity contribution in [1.29, 1.82) is 0 Å². The van der Waals surface area contributed by atoms with Gasteiger partial charge in [-0.25, -0.2) is 0 Å². The van der Waals surface area contributed by atoms with Crippen molar-refractivity contribution in [2.24, 2.45) is 0 Å². The van der Waals surface area contributed by atoms with Crippen molar-refractivity contribution in [3.05, 3.63) is 29.3 Å². The molecule has 2 unspecified atom stereocenters. The minimum absolute atomic E-state index is 0.221. The van der Waals surface area contributed by atoms with E-state index < -0.39 is 0 Å². The van der Waals surface area contributed by atoms with E-state index in [4.69, 9.17) is 4.52 Å². The number of hydrogen-bond acceptors (Lipinski definition) is 6. The maximum atomic E-state index is 12.5. The zero-order chi connectivity index (χ0) is 17.2. The second-order valence-electron chi connectivity index (χ2n) is 6.92. The monoisotopic (exact) mass is 377 g/mol. The number of nitrogens with zero attached hydrogens (tertiary/aromatic N) is 2. The van der Waals surface area contributed by atoms with Gasteiger partial charge in [0.15, 0.2) is 5.76 Å². The van der Waals surface area contributed by atoms with Crippen LogP contribution in [0.15, 0.2) is 28.1 Å². The van der Waals surface area contributed by atoms with E-state index >= 15 is 0 Å². The predicted molar refractivity (Wildman–Crippen MR) is 102 cm³/mol. The van der Waals surface area contributed by atoms with Crippen LogP contribution in [0.4, 0.5) is 0 Å². The number of piperidine rings is 1. The topological polar surface area (TPSA) is 58.4 Å². The van der Waals surface area contributed by atoms with Gasteiger partial charge in [0.25, 0.3) is 0 Å². The average Bonchev–Trinajstić information content (AvgIpc) is 3.35. The molecule has 134 valence electrons. The minimum atomic E-state index is 0.221. The molecule has 0 aliphatic carbocycles. The van der Waals surface area contributed by atoms with Crippen molar-refractivity contribution in [2.75, 3.05) is 12.8 Å². The van der Waals surface area contributed by atoms with Gasteiger partial charge in [0.05, 0.1) is 16.3 Å². The molecule has 0 saturated carbocycles. The number of thioether (sulfide) groups is 1. The van der Waals surface area contributed by atoms with Gasteiger partial charge >= 0.3 is 0 Å². The lowest BCUT2D eigenvalue weighted by Gasteiger charge is -2.35. The molecule has 2 atom stereocenters. The highest BCUT2D eigenvalue weighted by molar-refractivity contribution is 7.99. The summed E-state index contributed by atoms with van der Waals surface area (Å²) in [5.74, 6) is 2.22. The Bertz CT molecular complexity index is 704. The fourth-order valence-electron chi connectivity index (χ4n) is 3.81. The number of carbonyl (C=O) groups is 1. The number of thiophene rings is 1. The van der Waals surface area contributed by atoms with Gasteiger partial charge in [0, 0.05) is 37.0 Å². The standard InChI is InChI=1S/C18H23N3O2S2/c1-21(15-7-12-4-5-13(8-15)19-12)18(22)11-24-10-14-9-16(23-20-14)17-3-2-6-25-17/h2-3,6,9,12-13,15,19H,4-5,7-8,10-11H2,1H3. The third-order valence-corrected chi connectivity index (χ3v) is 7.02. The first kappa shape index (κ1) is 17.1. The van der Waals surface area contributed by atoms with Gasteiger partial charge in [-0.2, -0.15) is 0 Å². The number of hydrogen-bond donors (Lipinski definition) is 1. The molecule has 0 radical (unpaired) electrons. The molecule has 0 spiro atoms. The van der Waals surface area contributed by atoms with Crippen molar-refractivity contribution in [3.8, 4) is 10.6 Å². The van der Waals surface area contributed by atoms with E-state index in [0.717, 1.165) is 29.2 Å². The Morgan fingerprint density at radius 1 is 1.44 bits per heavy atom. The van der Waals surface area contributed by atoms with E-state index in [1.54, 1.807) is 23.1 Å². The molecule has 2 aromatic heterocycles. The molecule has 2 bridgehead atoms. The normalized spacial score (nSPS) is 25.2. The minimum Gasteiger partial charge on any atom is -0.355 e. The van der Waals surface area contributed by atoms with E-state index in [1.165, 1.54) is 12.8 Å². The summed E-state index contributed by atoms with van der Waals surface area (Å²) >= 11 is 3.25. The first-order chi connectivity index (χ1) is 12.2. The summed E-state index contributed by atoms with van der Waals surface area (Å²) in [6, 6.07) is 7.60. The SMILES string of the molecule is CN(C(=O)CSCc1cc(-c2cccs2)on1)C1CC2CCC(C1)N2. The lowest BCUT2D eigenvalue weighted by atomic mass is 9.98. The fraction of sp³-hybridized carbons (Fsp3) is 0.556. The summed E-state index contributed by atoms with van der Waals surface area (Å²) in [4.78, 5) is 15.6. The van der Waals surface area contributed by atoms with Gasteiger partial charge < -0.3 is 14.7 Å². The van der Waals surface area contributed by atoms with Crippen LogP contribution in [0.2, 0.25) is 0 Å². The van der Waals surface area contributed by atoms with E-state index in [-0.39, 0.29) is 5.91 Å². The molecule has 4 heterocycles. The second kappa shape index (κ2) is 7.51. The molecular weight excluding hydrogens is 354 g/mol. The highest BCUT2D eigenvalue weighted by atomic mass is 32.2. The lowest BCUT2D eigenvalue weighted by Crippen LogP contribution is -2.49.